The number of nitrogens with one attached hydrogen (secondary N) is 2. The summed E-state index contributed by atoms with van der Waals surface area (Å²) in [7, 11) is 1.51. The first kappa shape index (κ1) is 24.3. The quantitative estimate of drug-likeness (QED) is 0.584. The number of furan rings is 1. The Kier molecular flexibility index (Phi) is 7.66. The van der Waals surface area contributed by atoms with E-state index in [1.807, 2.05) is 4.90 Å². The Morgan fingerprint density at radius 1 is 1.09 bits per heavy atom. The Hall–Kier alpha value is -3.86. The van der Waals surface area contributed by atoms with Crippen molar-refractivity contribution in [1.82, 2.24) is 20.0 Å². The first-order valence-electron chi connectivity index (χ1n) is 11.5. The van der Waals surface area contributed by atoms with Crippen LogP contribution in [0, 0.1) is 0 Å². The number of carbonyl (C=O) groups excluding carboxylic acids is 4. The summed E-state index contributed by atoms with van der Waals surface area (Å²) in [5, 5.41) is 5.50. The van der Waals surface area contributed by atoms with Crippen molar-refractivity contribution in [3.05, 3.63) is 48.4 Å². The second-order valence-corrected chi connectivity index (χ2v) is 8.39. The van der Waals surface area contributed by atoms with Crippen molar-refractivity contribution in [2.45, 2.75) is 12.5 Å². The molecule has 0 saturated carbocycles. The van der Waals surface area contributed by atoms with E-state index < -0.39 is 6.04 Å². The molecule has 4 amide bonds. The van der Waals surface area contributed by atoms with E-state index in [-0.39, 0.29) is 36.6 Å². The average Bonchev–Trinajstić information content (AvgIpc) is 3.41. The summed E-state index contributed by atoms with van der Waals surface area (Å²) in [6.07, 6.45) is 1.30. The zero-order valence-electron chi connectivity index (χ0n) is 19.6. The smallest absolute Gasteiger partial charge is 0.289 e. The van der Waals surface area contributed by atoms with Crippen molar-refractivity contribution in [3.8, 4) is 5.75 Å². The standard InChI is InChI=1S/C24H29N5O6/c1-34-19-6-3-2-5-17(19)26-21(30)15-18-23(32)25-8-9-29(18)22(31)16-27-10-12-28(13-11-27)24(33)20-7-4-14-35-20/h2-7,14,18H,8-13,15-16H2,1H3,(H,25,32)(H,26,30)/t18-/m0/s1. The van der Waals surface area contributed by atoms with Crippen LogP contribution in [0.5, 0.6) is 5.75 Å². The molecular weight excluding hydrogens is 454 g/mol. The highest BCUT2D eigenvalue weighted by atomic mass is 16.5. The predicted octanol–water partition coefficient (Wildman–Crippen LogP) is 0.402. The Morgan fingerprint density at radius 2 is 1.86 bits per heavy atom. The van der Waals surface area contributed by atoms with E-state index in [0.717, 1.165) is 0 Å². The predicted molar refractivity (Wildman–Crippen MR) is 126 cm³/mol. The highest BCUT2D eigenvalue weighted by Crippen LogP contribution is 2.23. The average molecular weight is 484 g/mol. The maximum atomic E-state index is 13.1. The van der Waals surface area contributed by atoms with Crippen LogP contribution in [0.4, 0.5) is 5.69 Å². The van der Waals surface area contributed by atoms with Crippen molar-refractivity contribution in [3.63, 3.8) is 0 Å². The van der Waals surface area contributed by atoms with Crippen LogP contribution in [-0.2, 0) is 14.4 Å². The lowest BCUT2D eigenvalue weighted by Crippen LogP contribution is -2.60. The molecule has 2 N–H and O–H groups in total. The number of nitrogens with zero attached hydrogens (tertiary/aromatic N) is 3. The number of carbonyl (C=O) groups is 4. The number of hydrogen-bond acceptors (Lipinski definition) is 7. The normalized spacial score (nSPS) is 18.7. The topological polar surface area (TPSA) is 124 Å². The summed E-state index contributed by atoms with van der Waals surface area (Å²) in [6.45, 7) is 2.76. The van der Waals surface area contributed by atoms with Gasteiger partial charge >= 0.3 is 0 Å². The summed E-state index contributed by atoms with van der Waals surface area (Å²) >= 11 is 0. The number of benzene rings is 1. The third-order valence-electron chi connectivity index (χ3n) is 6.16. The highest BCUT2D eigenvalue weighted by Gasteiger charge is 2.36. The number of amides is 4. The maximum absolute atomic E-state index is 13.1. The second-order valence-electron chi connectivity index (χ2n) is 8.39. The van der Waals surface area contributed by atoms with Crippen molar-refractivity contribution < 1.29 is 28.3 Å². The molecule has 4 rings (SSSR count). The van der Waals surface area contributed by atoms with Crippen LogP contribution < -0.4 is 15.4 Å². The zero-order valence-corrected chi connectivity index (χ0v) is 19.6. The van der Waals surface area contributed by atoms with Gasteiger partial charge in [0.1, 0.15) is 11.8 Å². The van der Waals surface area contributed by atoms with Crippen molar-refractivity contribution in [2.24, 2.45) is 0 Å². The van der Waals surface area contributed by atoms with Gasteiger partial charge in [0.05, 0.1) is 32.0 Å². The SMILES string of the molecule is COc1ccccc1NC(=O)C[C@H]1C(=O)NCCN1C(=O)CN1CCN(C(=O)c2ccco2)CC1. The molecule has 1 atom stereocenters. The Labute approximate surface area is 203 Å². The molecule has 11 heteroatoms. The van der Waals surface area contributed by atoms with Crippen LogP contribution in [0.2, 0.25) is 0 Å². The summed E-state index contributed by atoms with van der Waals surface area (Å²) in [4.78, 5) is 56.0. The van der Waals surface area contributed by atoms with E-state index in [1.165, 1.54) is 18.3 Å². The van der Waals surface area contributed by atoms with Crippen molar-refractivity contribution in [2.75, 3.05) is 58.2 Å². The van der Waals surface area contributed by atoms with Gasteiger partial charge in [-0.25, -0.2) is 0 Å². The van der Waals surface area contributed by atoms with Crippen LogP contribution in [0.1, 0.15) is 17.0 Å². The highest BCUT2D eigenvalue weighted by molar-refractivity contribution is 5.98. The molecule has 3 heterocycles. The molecule has 11 nitrogen and oxygen atoms in total. The molecule has 0 aliphatic carbocycles. The molecule has 0 unspecified atom stereocenters. The van der Waals surface area contributed by atoms with Gasteiger partial charge in [-0.15, -0.1) is 0 Å². The van der Waals surface area contributed by atoms with E-state index in [2.05, 4.69) is 10.6 Å². The number of piperazine rings is 2. The number of anilines is 1. The third-order valence-corrected chi connectivity index (χ3v) is 6.16. The Balaban J connectivity index is 1.32. The summed E-state index contributed by atoms with van der Waals surface area (Å²) < 4.78 is 10.4. The van der Waals surface area contributed by atoms with Gasteiger partial charge in [-0.2, -0.15) is 0 Å². The van der Waals surface area contributed by atoms with Gasteiger partial charge in [0.15, 0.2) is 5.76 Å². The van der Waals surface area contributed by atoms with E-state index in [9.17, 15) is 19.2 Å². The third kappa shape index (κ3) is 5.80. The number of methoxy groups -OCH3 is 1. The van der Waals surface area contributed by atoms with Crippen LogP contribution in [0.15, 0.2) is 47.1 Å². The van der Waals surface area contributed by atoms with Crippen LogP contribution in [-0.4, -0.2) is 97.3 Å². The van der Waals surface area contributed by atoms with Gasteiger partial charge in [-0.05, 0) is 24.3 Å². The van der Waals surface area contributed by atoms with Crippen LogP contribution in [0.3, 0.4) is 0 Å². The van der Waals surface area contributed by atoms with Crippen LogP contribution >= 0.6 is 0 Å². The molecule has 0 spiro atoms. The van der Waals surface area contributed by atoms with Gasteiger partial charge < -0.3 is 29.6 Å². The Bertz CT molecular complexity index is 1060. The summed E-state index contributed by atoms with van der Waals surface area (Å²) in [5.74, 6) is -0.335. The van der Waals surface area contributed by atoms with Gasteiger partial charge in [-0.3, -0.25) is 24.1 Å². The molecule has 1 aromatic carbocycles. The van der Waals surface area contributed by atoms with E-state index >= 15 is 0 Å². The number of ether oxygens (including phenoxy) is 1. The minimum absolute atomic E-state index is 0.112. The van der Waals surface area contributed by atoms with E-state index in [4.69, 9.17) is 9.15 Å². The molecular formula is C24H29N5O6. The summed E-state index contributed by atoms with van der Waals surface area (Å²) in [5.41, 5.74) is 0.496. The first-order valence-corrected chi connectivity index (χ1v) is 11.5. The van der Waals surface area contributed by atoms with E-state index in [0.29, 0.717) is 56.5 Å². The van der Waals surface area contributed by atoms with Crippen molar-refractivity contribution in [1.29, 1.82) is 0 Å². The fraction of sp³-hybridized carbons (Fsp3) is 0.417. The lowest BCUT2D eigenvalue weighted by molar-refractivity contribution is -0.145. The molecule has 2 saturated heterocycles. The molecule has 2 aliphatic heterocycles. The molecule has 2 aliphatic rings. The van der Waals surface area contributed by atoms with E-state index in [1.54, 1.807) is 41.3 Å². The molecule has 2 aromatic rings. The molecule has 0 bridgehead atoms. The van der Waals surface area contributed by atoms with Gasteiger partial charge in [0, 0.05) is 39.3 Å². The summed E-state index contributed by atoms with van der Waals surface area (Å²) in [6, 6.07) is 9.39. The molecule has 35 heavy (non-hydrogen) atoms. The lowest BCUT2D eigenvalue weighted by atomic mass is 10.1. The maximum Gasteiger partial charge on any atom is 0.289 e. The van der Waals surface area contributed by atoms with Gasteiger partial charge in [0.2, 0.25) is 17.7 Å². The minimum Gasteiger partial charge on any atom is -0.495 e. The van der Waals surface area contributed by atoms with Gasteiger partial charge in [0.25, 0.3) is 5.91 Å². The number of rotatable bonds is 7. The molecule has 0 radical (unpaired) electrons. The Morgan fingerprint density at radius 3 is 2.57 bits per heavy atom. The van der Waals surface area contributed by atoms with Crippen molar-refractivity contribution >= 4 is 29.3 Å². The first-order chi connectivity index (χ1) is 17.0. The largest absolute Gasteiger partial charge is 0.495 e. The molecule has 1 aromatic heterocycles. The second kappa shape index (κ2) is 11.0. The molecule has 186 valence electrons. The zero-order chi connectivity index (χ0) is 24.8. The number of hydrogen-bond donors (Lipinski definition) is 2. The lowest BCUT2D eigenvalue weighted by Gasteiger charge is -2.38. The minimum atomic E-state index is -0.896. The fourth-order valence-corrected chi connectivity index (χ4v) is 4.29. The molecule has 2 fully saturated rings. The number of para-hydroxylation sites is 2. The van der Waals surface area contributed by atoms with Crippen LogP contribution in [0.25, 0.3) is 0 Å². The fourth-order valence-electron chi connectivity index (χ4n) is 4.29. The monoisotopic (exact) mass is 483 g/mol. The van der Waals surface area contributed by atoms with Gasteiger partial charge in [-0.1, -0.05) is 12.1 Å².